The number of rotatable bonds is 4. The number of hydrogen-bond donors (Lipinski definition) is 2. The minimum absolute atomic E-state index is 0.0374. The molecule has 1 heterocycles. The number of carbonyl (C=O) groups is 2. The Kier molecular flexibility index (Phi) is 4.67. The van der Waals surface area contributed by atoms with Crippen molar-refractivity contribution in [1.82, 2.24) is 4.98 Å². The molecule has 0 atom stereocenters. The molecule has 2 N–H and O–H groups in total. The van der Waals surface area contributed by atoms with Gasteiger partial charge < -0.3 is 9.84 Å². The van der Waals surface area contributed by atoms with E-state index in [0.717, 1.165) is 5.56 Å². The number of aromatic nitrogens is 1. The van der Waals surface area contributed by atoms with E-state index in [1.807, 2.05) is 18.2 Å². The van der Waals surface area contributed by atoms with E-state index in [-0.39, 0.29) is 18.0 Å². The van der Waals surface area contributed by atoms with Crippen LogP contribution in [0.3, 0.4) is 0 Å². The molecule has 0 fully saturated rings. The highest BCUT2D eigenvalue weighted by Gasteiger charge is 2.15. The fourth-order valence-electron chi connectivity index (χ4n) is 1.65. The third kappa shape index (κ3) is 3.80. The molecule has 0 aliphatic carbocycles. The average Bonchev–Trinajstić information content (AvgIpc) is 2.54. The predicted molar refractivity (Wildman–Crippen MR) is 76.2 cm³/mol. The molecule has 110 valence electrons. The maximum Gasteiger partial charge on any atom is 0.412 e. The van der Waals surface area contributed by atoms with Crippen LogP contribution in [0.5, 0.6) is 0 Å². The van der Waals surface area contributed by atoms with Gasteiger partial charge in [-0.1, -0.05) is 30.3 Å². The number of carboxylic acids is 1. The van der Waals surface area contributed by atoms with Crippen LogP contribution in [0.4, 0.5) is 10.5 Å². The van der Waals surface area contributed by atoms with Gasteiger partial charge in [0.15, 0.2) is 5.69 Å². The van der Waals surface area contributed by atoms with E-state index >= 15 is 0 Å². The van der Waals surface area contributed by atoms with E-state index in [9.17, 15) is 9.59 Å². The summed E-state index contributed by atoms with van der Waals surface area (Å²) in [7, 11) is 0. The maximum absolute atomic E-state index is 11.7. The predicted octanol–water partition coefficient (Wildman–Crippen LogP) is 2.40. The molecule has 0 aliphatic rings. The van der Waals surface area contributed by atoms with Crippen LogP contribution in [0.25, 0.3) is 0 Å². The Labute approximate surface area is 125 Å². The minimum atomic E-state index is -1.35. The van der Waals surface area contributed by atoms with Crippen molar-refractivity contribution < 1.29 is 19.4 Å². The van der Waals surface area contributed by atoms with Gasteiger partial charge >= 0.3 is 12.1 Å². The number of nitrogens with zero attached hydrogens (tertiary/aromatic N) is 2. The van der Waals surface area contributed by atoms with Crippen LogP contribution in [0, 0.1) is 11.3 Å². The van der Waals surface area contributed by atoms with Crippen molar-refractivity contribution in [2.45, 2.75) is 6.61 Å². The van der Waals surface area contributed by atoms with E-state index < -0.39 is 17.8 Å². The van der Waals surface area contributed by atoms with Crippen molar-refractivity contribution in [3.8, 4) is 6.07 Å². The van der Waals surface area contributed by atoms with Gasteiger partial charge in [0.05, 0.1) is 5.69 Å². The maximum atomic E-state index is 11.7. The number of aromatic carboxylic acids is 1. The van der Waals surface area contributed by atoms with Crippen LogP contribution in [0.1, 0.15) is 21.7 Å². The van der Waals surface area contributed by atoms with Gasteiger partial charge in [0, 0.05) is 0 Å². The lowest BCUT2D eigenvalue weighted by atomic mass is 10.2. The molecular weight excluding hydrogens is 286 g/mol. The van der Waals surface area contributed by atoms with Gasteiger partial charge in [-0.25, -0.2) is 14.6 Å². The fourth-order valence-corrected chi connectivity index (χ4v) is 1.65. The van der Waals surface area contributed by atoms with Crippen molar-refractivity contribution in [1.29, 1.82) is 5.26 Å². The molecular formula is C15H11N3O4. The summed E-state index contributed by atoms with van der Waals surface area (Å²) in [4.78, 5) is 26.4. The summed E-state index contributed by atoms with van der Waals surface area (Å²) in [6.45, 7) is 0.0544. The summed E-state index contributed by atoms with van der Waals surface area (Å²) in [5.74, 6) is -1.35. The Balaban J connectivity index is 2.05. The van der Waals surface area contributed by atoms with E-state index in [1.165, 1.54) is 12.1 Å². The number of hydrogen-bond acceptors (Lipinski definition) is 5. The smallest absolute Gasteiger partial charge is 0.412 e. The summed E-state index contributed by atoms with van der Waals surface area (Å²) in [5.41, 5.74) is 0.287. The molecule has 0 unspecified atom stereocenters. The average molecular weight is 297 g/mol. The first-order chi connectivity index (χ1) is 10.6. The summed E-state index contributed by atoms with van der Waals surface area (Å²) in [6, 6.07) is 13.4. The summed E-state index contributed by atoms with van der Waals surface area (Å²) in [6.07, 6.45) is -0.808. The number of nitriles is 1. The minimum Gasteiger partial charge on any atom is -0.476 e. The molecule has 7 nitrogen and oxygen atoms in total. The highest BCUT2D eigenvalue weighted by atomic mass is 16.5. The topological polar surface area (TPSA) is 112 Å². The molecule has 0 saturated carbocycles. The van der Waals surface area contributed by atoms with Crippen molar-refractivity contribution in [3.63, 3.8) is 0 Å². The Morgan fingerprint density at radius 1 is 1.23 bits per heavy atom. The molecule has 2 rings (SSSR count). The van der Waals surface area contributed by atoms with Gasteiger partial charge in [-0.2, -0.15) is 5.26 Å². The van der Waals surface area contributed by atoms with Gasteiger partial charge in [0.2, 0.25) is 0 Å². The lowest BCUT2D eigenvalue weighted by Crippen LogP contribution is -2.17. The monoisotopic (exact) mass is 297 g/mol. The zero-order valence-corrected chi connectivity index (χ0v) is 11.3. The molecule has 0 aliphatic heterocycles. The van der Waals surface area contributed by atoms with Gasteiger partial charge in [-0.15, -0.1) is 0 Å². The van der Waals surface area contributed by atoms with Crippen LogP contribution in [-0.4, -0.2) is 22.2 Å². The van der Waals surface area contributed by atoms with Crippen molar-refractivity contribution in [2.24, 2.45) is 0 Å². The zero-order valence-electron chi connectivity index (χ0n) is 11.3. The summed E-state index contributed by atoms with van der Waals surface area (Å²) in [5, 5.41) is 20.1. The van der Waals surface area contributed by atoms with E-state index in [2.05, 4.69) is 10.3 Å². The standard InChI is InChI=1S/C15H11N3O4/c16-8-11-6-7-12(13(17-11)14(19)20)18-15(21)22-9-10-4-2-1-3-5-10/h1-7H,9H2,(H,18,21)(H,19,20). The van der Waals surface area contributed by atoms with E-state index in [1.54, 1.807) is 18.2 Å². The molecule has 1 aromatic heterocycles. The van der Waals surface area contributed by atoms with Crippen LogP contribution in [0.15, 0.2) is 42.5 Å². The lowest BCUT2D eigenvalue weighted by Gasteiger charge is -2.09. The van der Waals surface area contributed by atoms with E-state index in [0.29, 0.717) is 0 Å². The molecule has 1 amide bonds. The van der Waals surface area contributed by atoms with E-state index in [4.69, 9.17) is 15.1 Å². The largest absolute Gasteiger partial charge is 0.476 e. The normalized spacial score (nSPS) is 9.59. The van der Waals surface area contributed by atoms with Crippen LogP contribution >= 0.6 is 0 Å². The highest BCUT2D eigenvalue weighted by Crippen LogP contribution is 2.14. The Hall–Kier alpha value is -3.40. The lowest BCUT2D eigenvalue weighted by molar-refractivity contribution is 0.0691. The third-order valence-corrected chi connectivity index (χ3v) is 2.66. The van der Waals surface area contributed by atoms with Crippen LogP contribution < -0.4 is 5.32 Å². The number of nitrogens with one attached hydrogen (secondary N) is 1. The highest BCUT2D eigenvalue weighted by molar-refractivity contribution is 5.97. The van der Waals surface area contributed by atoms with Crippen molar-refractivity contribution in [3.05, 3.63) is 59.4 Å². The molecule has 0 spiro atoms. The summed E-state index contributed by atoms with van der Waals surface area (Å²) < 4.78 is 4.99. The first-order valence-electron chi connectivity index (χ1n) is 6.22. The molecule has 2 aromatic rings. The van der Waals surface area contributed by atoms with Gasteiger partial charge in [0.1, 0.15) is 18.4 Å². The van der Waals surface area contributed by atoms with Crippen molar-refractivity contribution >= 4 is 17.7 Å². The number of pyridine rings is 1. The number of benzene rings is 1. The second-order valence-electron chi connectivity index (χ2n) is 4.20. The van der Waals surface area contributed by atoms with Gasteiger partial charge in [-0.3, -0.25) is 5.32 Å². The van der Waals surface area contributed by atoms with Crippen LogP contribution in [-0.2, 0) is 11.3 Å². The van der Waals surface area contributed by atoms with Gasteiger partial charge in [-0.05, 0) is 17.7 Å². The zero-order chi connectivity index (χ0) is 15.9. The molecule has 22 heavy (non-hydrogen) atoms. The molecule has 0 radical (unpaired) electrons. The number of carboxylic acid groups (broad SMARTS) is 1. The Morgan fingerprint density at radius 3 is 2.59 bits per heavy atom. The quantitative estimate of drug-likeness (QED) is 0.896. The Bertz CT molecular complexity index is 738. The molecule has 0 saturated heterocycles. The molecule has 7 heteroatoms. The number of amides is 1. The van der Waals surface area contributed by atoms with Crippen molar-refractivity contribution in [2.75, 3.05) is 5.32 Å². The summed E-state index contributed by atoms with van der Waals surface area (Å²) >= 11 is 0. The fraction of sp³-hybridized carbons (Fsp3) is 0.0667. The SMILES string of the molecule is N#Cc1ccc(NC(=O)OCc2ccccc2)c(C(=O)O)n1. The van der Waals surface area contributed by atoms with Gasteiger partial charge in [0.25, 0.3) is 0 Å². The second kappa shape index (κ2) is 6.85. The Morgan fingerprint density at radius 2 is 1.95 bits per heavy atom. The third-order valence-electron chi connectivity index (χ3n) is 2.66. The second-order valence-corrected chi connectivity index (χ2v) is 4.20. The molecule has 1 aromatic carbocycles. The first-order valence-corrected chi connectivity index (χ1v) is 6.22. The number of anilines is 1. The molecule has 0 bridgehead atoms. The first kappa shape index (κ1) is 15.0. The number of carbonyl (C=O) groups excluding carboxylic acids is 1. The number of ether oxygens (including phenoxy) is 1. The van der Waals surface area contributed by atoms with Crippen LogP contribution in [0.2, 0.25) is 0 Å².